The Labute approximate surface area is 178 Å². The predicted octanol–water partition coefficient (Wildman–Crippen LogP) is 2.88. The summed E-state index contributed by atoms with van der Waals surface area (Å²) in [4.78, 5) is 12.0. The zero-order valence-corrected chi connectivity index (χ0v) is 18.3. The molecule has 3 fully saturated rings. The lowest BCUT2D eigenvalue weighted by Gasteiger charge is -2.36. The van der Waals surface area contributed by atoms with Gasteiger partial charge >= 0.3 is 0 Å². The molecule has 0 bridgehead atoms. The molecule has 1 atom stereocenters. The third kappa shape index (κ3) is 4.95. The van der Waals surface area contributed by atoms with Crippen molar-refractivity contribution >= 4 is 47.2 Å². The van der Waals surface area contributed by atoms with Gasteiger partial charge in [0.15, 0.2) is 5.96 Å². The second-order valence-electron chi connectivity index (χ2n) is 7.53. The Hall–Kier alpha value is -0.730. The van der Waals surface area contributed by atoms with E-state index in [1.54, 1.807) is 0 Å². The van der Waals surface area contributed by atoms with Crippen molar-refractivity contribution in [1.82, 2.24) is 9.80 Å². The van der Waals surface area contributed by atoms with Crippen LogP contribution in [0.25, 0.3) is 0 Å². The van der Waals surface area contributed by atoms with Crippen LogP contribution in [0.2, 0.25) is 5.02 Å². The minimum atomic E-state index is 0. The summed E-state index contributed by atoms with van der Waals surface area (Å²) in [5.74, 6) is 1.41. The van der Waals surface area contributed by atoms with Crippen LogP contribution in [0.15, 0.2) is 29.3 Å². The molecular formula is C19H29ClIN5. The maximum Gasteiger partial charge on any atom is 0.191 e. The molecule has 5 nitrogen and oxygen atoms in total. The molecule has 0 aromatic heterocycles. The van der Waals surface area contributed by atoms with Crippen LogP contribution in [0.1, 0.15) is 19.3 Å². The zero-order chi connectivity index (χ0) is 17.2. The number of likely N-dealkylation sites (tertiary alicyclic amines) is 1. The standard InChI is InChI=1S/C19H28ClN5.HI/c20-16-1-3-17(4-2-16)23-9-11-24(12-10-23)19(21)22-13-15-7-8-25(14-15)18-5-6-18;/h1-4,15,18H,5-14H2,(H2,21,22);1H. The smallest absolute Gasteiger partial charge is 0.191 e. The molecule has 3 aliphatic rings. The van der Waals surface area contributed by atoms with E-state index in [0.29, 0.717) is 5.92 Å². The highest BCUT2D eigenvalue weighted by molar-refractivity contribution is 14.0. The van der Waals surface area contributed by atoms with E-state index in [1.807, 2.05) is 12.1 Å². The van der Waals surface area contributed by atoms with Crippen LogP contribution in [0.5, 0.6) is 0 Å². The van der Waals surface area contributed by atoms with Crippen molar-refractivity contribution < 1.29 is 0 Å². The minimum absolute atomic E-state index is 0. The summed E-state index contributed by atoms with van der Waals surface area (Å²) in [7, 11) is 0. The number of benzene rings is 1. The van der Waals surface area contributed by atoms with E-state index >= 15 is 0 Å². The summed E-state index contributed by atoms with van der Waals surface area (Å²) < 4.78 is 0. The van der Waals surface area contributed by atoms with E-state index in [4.69, 9.17) is 22.3 Å². The Morgan fingerprint density at radius 1 is 1.04 bits per heavy atom. The average molecular weight is 490 g/mol. The Morgan fingerprint density at radius 2 is 1.73 bits per heavy atom. The number of anilines is 1. The van der Waals surface area contributed by atoms with Gasteiger partial charge in [0.25, 0.3) is 0 Å². The molecule has 1 unspecified atom stereocenters. The van der Waals surface area contributed by atoms with Gasteiger partial charge < -0.3 is 20.4 Å². The van der Waals surface area contributed by atoms with Crippen LogP contribution in [0.4, 0.5) is 5.69 Å². The number of guanidine groups is 1. The van der Waals surface area contributed by atoms with Crippen LogP contribution in [0.3, 0.4) is 0 Å². The molecule has 2 heterocycles. The van der Waals surface area contributed by atoms with E-state index in [1.165, 1.54) is 38.0 Å². The molecule has 1 aliphatic carbocycles. The van der Waals surface area contributed by atoms with Crippen LogP contribution >= 0.6 is 35.6 Å². The Morgan fingerprint density at radius 3 is 2.38 bits per heavy atom. The Bertz CT molecular complexity index is 611. The molecule has 1 saturated carbocycles. The van der Waals surface area contributed by atoms with Gasteiger partial charge in [0.05, 0.1) is 0 Å². The quantitative estimate of drug-likeness (QED) is 0.401. The van der Waals surface area contributed by atoms with Gasteiger partial charge in [0.1, 0.15) is 0 Å². The molecule has 2 N–H and O–H groups in total. The second-order valence-corrected chi connectivity index (χ2v) is 7.97. The molecule has 144 valence electrons. The number of nitrogens with zero attached hydrogens (tertiary/aromatic N) is 4. The normalized spacial score (nSPS) is 24.7. The lowest BCUT2D eigenvalue weighted by atomic mass is 10.1. The molecule has 0 amide bonds. The Kier molecular flexibility index (Phi) is 6.91. The highest BCUT2D eigenvalue weighted by Gasteiger charge is 2.34. The number of rotatable bonds is 4. The van der Waals surface area contributed by atoms with Crippen molar-refractivity contribution in [3.63, 3.8) is 0 Å². The SMILES string of the molecule is I.NC(=NCC1CCN(C2CC2)C1)N1CCN(c2ccc(Cl)cc2)CC1. The maximum absolute atomic E-state index is 6.26. The topological polar surface area (TPSA) is 48.1 Å². The summed E-state index contributed by atoms with van der Waals surface area (Å²) in [5.41, 5.74) is 7.49. The maximum atomic E-state index is 6.26. The van der Waals surface area contributed by atoms with Gasteiger partial charge in [-0.3, -0.25) is 4.99 Å². The first-order chi connectivity index (χ1) is 12.2. The van der Waals surface area contributed by atoms with Crippen molar-refractivity contribution in [3.8, 4) is 0 Å². The van der Waals surface area contributed by atoms with Crippen molar-refractivity contribution in [2.45, 2.75) is 25.3 Å². The summed E-state index contributed by atoms with van der Waals surface area (Å²) in [6.07, 6.45) is 4.07. The largest absolute Gasteiger partial charge is 0.370 e. The lowest BCUT2D eigenvalue weighted by molar-refractivity contribution is 0.315. The van der Waals surface area contributed by atoms with Crippen molar-refractivity contribution in [2.24, 2.45) is 16.6 Å². The number of aliphatic imine (C=N–C) groups is 1. The number of hydrogen-bond donors (Lipinski definition) is 1. The van der Waals surface area contributed by atoms with E-state index in [2.05, 4.69) is 26.8 Å². The number of piperazine rings is 1. The summed E-state index contributed by atoms with van der Waals surface area (Å²) in [5, 5.41) is 0.783. The number of nitrogens with two attached hydrogens (primary N) is 1. The average Bonchev–Trinajstić information content (AvgIpc) is 3.39. The zero-order valence-electron chi connectivity index (χ0n) is 15.2. The van der Waals surface area contributed by atoms with E-state index < -0.39 is 0 Å². The summed E-state index contributed by atoms with van der Waals surface area (Å²) in [6.45, 7) is 7.14. The number of hydrogen-bond acceptors (Lipinski definition) is 3. The second kappa shape index (κ2) is 8.97. The van der Waals surface area contributed by atoms with Gasteiger partial charge in [-0.15, -0.1) is 24.0 Å². The van der Waals surface area contributed by atoms with Gasteiger partial charge in [0.2, 0.25) is 0 Å². The van der Waals surface area contributed by atoms with Gasteiger partial charge in [-0.05, 0) is 56.0 Å². The molecule has 0 spiro atoms. The van der Waals surface area contributed by atoms with Crippen molar-refractivity contribution in [1.29, 1.82) is 0 Å². The minimum Gasteiger partial charge on any atom is -0.370 e. The molecule has 2 aliphatic heterocycles. The summed E-state index contributed by atoms with van der Waals surface area (Å²) in [6, 6.07) is 8.95. The third-order valence-corrected chi connectivity index (χ3v) is 5.94. The fraction of sp³-hybridized carbons (Fsp3) is 0.632. The summed E-state index contributed by atoms with van der Waals surface area (Å²) >= 11 is 5.97. The van der Waals surface area contributed by atoms with Crippen LogP contribution in [-0.2, 0) is 0 Å². The van der Waals surface area contributed by atoms with E-state index in [0.717, 1.165) is 49.7 Å². The first-order valence-corrected chi connectivity index (χ1v) is 9.86. The highest BCUT2D eigenvalue weighted by Crippen LogP contribution is 2.31. The molecule has 1 aromatic rings. The van der Waals surface area contributed by atoms with Crippen LogP contribution in [-0.4, -0.2) is 67.6 Å². The molecule has 7 heteroatoms. The van der Waals surface area contributed by atoms with Crippen molar-refractivity contribution in [3.05, 3.63) is 29.3 Å². The first-order valence-electron chi connectivity index (χ1n) is 9.48. The molecular weight excluding hydrogens is 461 g/mol. The van der Waals surface area contributed by atoms with Crippen molar-refractivity contribution in [2.75, 3.05) is 50.7 Å². The number of halogens is 2. The third-order valence-electron chi connectivity index (χ3n) is 5.69. The van der Waals surface area contributed by atoms with Gasteiger partial charge in [-0.25, -0.2) is 0 Å². The van der Waals surface area contributed by atoms with Crippen LogP contribution < -0.4 is 10.6 Å². The van der Waals surface area contributed by atoms with Crippen LogP contribution in [0, 0.1) is 5.92 Å². The van der Waals surface area contributed by atoms with Gasteiger partial charge in [0, 0.05) is 56.0 Å². The van der Waals surface area contributed by atoms with Gasteiger partial charge in [-0.2, -0.15) is 0 Å². The highest BCUT2D eigenvalue weighted by atomic mass is 127. The monoisotopic (exact) mass is 489 g/mol. The molecule has 2 saturated heterocycles. The lowest BCUT2D eigenvalue weighted by Crippen LogP contribution is -2.51. The van der Waals surface area contributed by atoms with E-state index in [9.17, 15) is 0 Å². The first kappa shape index (κ1) is 20.0. The fourth-order valence-corrected chi connectivity index (χ4v) is 4.08. The predicted molar refractivity (Wildman–Crippen MR) is 120 cm³/mol. The molecule has 0 radical (unpaired) electrons. The van der Waals surface area contributed by atoms with Gasteiger partial charge in [-0.1, -0.05) is 11.6 Å². The Balaban J connectivity index is 0.00000196. The molecule has 26 heavy (non-hydrogen) atoms. The molecule has 1 aromatic carbocycles. The van der Waals surface area contributed by atoms with E-state index in [-0.39, 0.29) is 24.0 Å². The fourth-order valence-electron chi connectivity index (χ4n) is 3.95. The molecule has 4 rings (SSSR count).